The summed E-state index contributed by atoms with van der Waals surface area (Å²) in [4.78, 5) is 21.5. The van der Waals surface area contributed by atoms with Gasteiger partial charge in [0.1, 0.15) is 0 Å². The molecule has 31 heavy (non-hydrogen) atoms. The van der Waals surface area contributed by atoms with Crippen molar-refractivity contribution in [1.29, 1.82) is 0 Å². The summed E-state index contributed by atoms with van der Waals surface area (Å²) in [5.74, 6) is 1.52. The van der Waals surface area contributed by atoms with Crippen molar-refractivity contribution in [3.05, 3.63) is 70.0 Å². The highest BCUT2D eigenvalue weighted by Crippen LogP contribution is 2.23. The van der Waals surface area contributed by atoms with Crippen LogP contribution in [0, 0.1) is 12.8 Å². The zero-order valence-electron chi connectivity index (χ0n) is 17.9. The Morgan fingerprint density at radius 2 is 1.81 bits per heavy atom. The first kappa shape index (κ1) is 21.7. The van der Waals surface area contributed by atoms with Crippen LogP contribution in [0.4, 0.5) is 0 Å². The molecule has 3 aromatic rings. The molecule has 1 aromatic heterocycles. The lowest BCUT2D eigenvalue weighted by Crippen LogP contribution is -2.40. The Hall–Kier alpha value is -2.51. The number of nitrogens with zero attached hydrogens (tertiary/aromatic N) is 4. The molecule has 162 valence electrons. The number of piperidine rings is 1. The lowest BCUT2D eigenvalue weighted by Gasteiger charge is -2.32. The molecule has 0 atom stereocenters. The summed E-state index contributed by atoms with van der Waals surface area (Å²) >= 11 is 3.43. The minimum atomic E-state index is 0.0766. The van der Waals surface area contributed by atoms with Crippen molar-refractivity contribution in [3.8, 4) is 11.4 Å². The molecule has 0 unspecified atom stereocenters. The van der Waals surface area contributed by atoms with E-state index in [0.717, 1.165) is 41.5 Å². The molecule has 2 aromatic carbocycles. The van der Waals surface area contributed by atoms with Crippen LogP contribution in [-0.4, -0.2) is 46.0 Å². The van der Waals surface area contributed by atoms with Gasteiger partial charge in [-0.1, -0.05) is 50.9 Å². The summed E-state index contributed by atoms with van der Waals surface area (Å²) in [5.41, 5.74) is 3.33. The largest absolute Gasteiger partial charge is 0.341 e. The fourth-order valence-corrected chi connectivity index (χ4v) is 4.19. The summed E-state index contributed by atoms with van der Waals surface area (Å²) in [6.07, 6.45) is 1.70. The topological polar surface area (TPSA) is 62.5 Å². The van der Waals surface area contributed by atoms with Gasteiger partial charge < -0.3 is 9.42 Å². The summed E-state index contributed by atoms with van der Waals surface area (Å²) < 4.78 is 6.47. The van der Waals surface area contributed by atoms with Crippen molar-refractivity contribution in [3.63, 3.8) is 0 Å². The van der Waals surface area contributed by atoms with Crippen LogP contribution in [0.15, 0.2) is 57.5 Å². The van der Waals surface area contributed by atoms with Crippen LogP contribution >= 0.6 is 15.9 Å². The van der Waals surface area contributed by atoms with Crippen LogP contribution in [0.1, 0.15) is 29.9 Å². The number of hydrogen-bond acceptors (Lipinski definition) is 5. The average Bonchev–Trinajstić information content (AvgIpc) is 3.24. The first-order valence-corrected chi connectivity index (χ1v) is 11.4. The number of aryl methyl sites for hydroxylation is 1. The van der Waals surface area contributed by atoms with E-state index in [-0.39, 0.29) is 11.8 Å². The van der Waals surface area contributed by atoms with Crippen molar-refractivity contribution < 1.29 is 9.32 Å². The molecule has 0 radical (unpaired) electrons. The SMILES string of the molecule is Cc1ccc(CN(C)C(=O)C2CCN(Cc3nc(-c4ccc(Br)cc4)no3)CC2)cc1. The zero-order valence-corrected chi connectivity index (χ0v) is 19.5. The van der Waals surface area contributed by atoms with Gasteiger partial charge in [0.05, 0.1) is 6.54 Å². The van der Waals surface area contributed by atoms with Crippen LogP contribution in [0.5, 0.6) is 0 Å². The molecule has 0 spiro atoms. The van der Waals surface area contributed by atoms with Gasteiger partial charge >= 0.3 is 0 Å². The molecule has 0 saturated carbocycles. The third-order valence-corrected chi connectivity index (χ3v) is 6.31. The standard InChI is InChI=1S/C24H27BrN4O2/c1-17-3-5-18(6-4-17)15-28(2)24(30)20-11-13-29(14-12-20)16-22-26-23(27-31-22)19-7-9-21(25)10-8-19/h3-10,20H,11-16H2,1-2H3. The third-order valence-electron chi connectivity index (χ3n) is 5.78. The monoisotopic (exact) mass is 482 g/mol. The molecule has 1 aliphatic rings. The van der Waals surface area contributed by atoms with E-state index in [0.29, 0.717) is 24.8 Å². The molecule has 6 nitrogen and oxygen atoms in total. The van der Waals surface area contributed by atoms with E-state index < -0.39 is 0 Å². The maximum absolute atomic E-state index is 12.9. The van der Waals surface area contributed by atoms with Crippen LogP contribution in [0.3, 0.4) is 0 Å². The molecule has 0 aliphatic carbocycles. The van der Waals surface area contributed by atoms with Gasteiger partial charge in [0.25, 0.3) is 0 Å². The van der Waals surface area contributed by atoms with E-state index in [4.69, 9.17) is 4.52 Å². The zero-order chi connectivity index (χ0) is 21.8. The Morgan fingerprint density at radius 3 is 2.48 bits per heavy atom. The summed E-state index contributed by atoms with van der Waals surface area (Å²) in [5, 5.41) is 4.10. The second-order valence-corrected chi connectivity index (χ2v) is 9.16. The Labute approximate surface area is 191 Å². The number of rotatable bonds is 6. The summed E-state index contributed by atoms with van der Waals surface area (Å²) in [6, 6.07) is 16.2. The molecular weight excluding hydrogens is 456 g/mol. The summed E-state index contributed by atoms with van der Waals surface area (Å²) in [6.45, 7) is 5.04. The minimum Gasteiger partial charge on any atom is -0.341 e. The number of halogens is 1. The fraction of sp³-hybridized carbons (Fsp3) is 0.375. The Bertz CT molecular complexity index is 1010. The van der Waals surface area contributed by atoms with E-state index in [1.54, 1.807) is 0 Å². The van der Waals surface area contributed by atoms with Gasteiger partial charge in [-0.25, -0.2) is 0 Å². The van der Waals surface area contributed by atoms with Crippen LogP contribution < -0.4 is 0 Å². The molecule has 1 fully saturated rings. The van der Waals surface area contributed by atoms with E-state index in [9.17, 15) is 4.79 Å². The summed E-state index contributed by atoms with van der Waals surface area (Å²) in [7, 11) is 1.90. The lowest BCUT2D eigenvalue weighted by atomic mass is 9.95. The van der Waals surface area contributed by atoms with Crippen molar-refractivity contribution in [2.45, 2.75) is 32.9 Å². The number of carbonyl (C=O) groups excluding carboxylic acids is 1. The predicted molar refractivity (Wildman–Crippen MR) is 123 cm³/mol. The van der Waals surface area contributed by atoms with Gasteiger partial charge in [0.15, 0.2) is 0 Å². The first-order valence-electron chi connectivity index (χ1n) is 10.6. The average molecular weight is 483 g/mol. The van der Waals surface area contributed by atoms with Crippen LogP contribution in [0.25, 0.3) is 11.4 Å². The van der Waals surface area contributed by atoms with Gasteiger partial charge in [-0.05, 0) is 62.7 Å². The van der Waals surface area contributed by atoms with Gasteiger partial charge in [-0.15, -0.1) is 0 Å². The van der Waals surface area contributed by atoms with Gasteiger partial charge in [0.2, 0.25) is 17.6 Å². The number of aromatic nitrogens is 2. The van der Waals surface area contributed by atoms with Crippen molar-refractivity contribution in [1.82, 2.24) is 19.9 Å². The maximum atomic E-state index is 12.9. The number of likely N-dealkylation sites (tertiary alicyclic amines) is 1. The molecule has 7 heteroatoms. The van der Waals surface area contributed by atoms with Crippen molar-refractivity contribution >= 4 is 21.8 Å². The normalized spacial score (nSPS) is 15.2. The molecule has 0 bridgehead atoms. The Morgan fingerprint density at radius 1 is 1.13 bits per heavy atom. The van der Waals surface area contributed by atoms with Crippen LogP contribution in [-0.2, 0) is 17.9 Å². The van der Waals surface area contributed by atoms with Gasteiger partial charge in [-0.2, -0.15) is 4.98 Å². The van der Waals surface area contributed by atoms with Gasteiger partial charge in [-0.3, -0.25) is 9.69 Å². The highest BCUT2D eigenvalue weighted by molar-refractivity contribution is 9.10. The molecule has 0 N–H and O–H groups in total. The molecule has 2 heterocycles. The molecule has 4 rings (SSSR count). The predicted octanol–water partition coefficient (Wildman–Crippen LogP) is 4.68. The minimum absolute atomic E-state index is 0.0766. The van der Waals surface area contributed by atoms with E-state index in [1.807, 2.05) is 36.2 Å². The molecule has 1 aliphatic heterocycles. The van der Waals surface area contributed by atoms with E-state index in [1.165, 1.54) is 5.56 Å². The Balaban J connectivity index is 1.27. The highest BCUT2D eigenvalue weighted by Gasteiger charge is 2.28. The smallest absolute Gasteiger partial charge is 0.241 e. The number of amides is 1. The molecule has 1 saturated heterocycles. The fourth-order valence-electron chi connectivity index (χ4n) is 3.92. The first-order chi connectivity index (χ1) is 15.0. The highest BCUT2D eigenvalue weighted by atomic mass is 79.9. The number of benzene rings is 2. The number of carbonyl (C=O) groups is 1. The third kappa shape index (κ3) is 5.60. The lowest BCUT2D eigenvalue weighted by molar-refractivity contribution is -0.136. The van der Waals surface area contributed by atoms with E-state index in [2.05, 4.69) is 62.2 Å². The molecule has 1 amide bonds. The second-order valence-electron chi connectivity index (χ2n) is 8.25. The maximum Gasteiger partial charge on any atom is 0.241 e. The second kappa shape index (κ2) is 9.75. The number of hydrogen-bond donors (Lipinski definition) is 0. The molecular formula is C24H27BrN4O2. The Kier molecular flexibility index (Phi) is 6.83. The van der Waals surface area contributed by atoms with Crippen molar-refractivity contribution in [2.24, 2.45) is 5.92 Å². The van der Waals surface area contributed by atoms with Crippen LogP contribution in [0.2, 0.25) is 0 Å². The van der Waals surface area contributed by atoms with Crippen molar-refractivity contribution in [2.75, 3.05) is 20.1 Å². The quantitative estimate of drug-likeness (QED) is 0.510. The van der Waals surface area contributed by atoms with Gasteiger partial charge in [0, 0.05) is 29.5 Å². The van der Waals surface area contributed by atoms with E-state index >= 15 is 0 Å².